The SMILES string of the molecule is C=CC1=C[C@@H](C(=O)OC)N(C(=O)c2ccc(C)c(OCc3ccccc3)c2[N+](=O)[O-])C1. The molecule has 0 N–H and O–H groups in total. The van der Waals surface area contributed by atoms with E-state index in [2.05, 4.69) is 6.58 Å². The fourth-order valence-corrected chi connectivity index (χ4v) is 3.38. The lowest BCUT2D eigenvalue weighted by molar-refractivity contribution is -0.386. The molecule has 8 nitrogen and oxygen atoms in total. The van der Waals surface area contributed by atoms with Crippen molar-refractivity contribution in [2.45, 2.75) is 19.6 Å². The van der Waals surface area contributed by atoms with Gasteiger partial charge in [0.1, 0.15) is 18.2 Å². The standard InChI is InChI=1S/C23H22N2O6/c1-4-16-12-19(23(27)30-3)24(13-16)22(26)18-11-10-15(2)21(20(18)25(28)29)31-14-17-8-6-5-7-9-17/h4-12,19H,1,13-14H2,2-3H3/t19-/m0/s1. The van der Waals surface area contributed by atoms with E-state index in [0.29, 0.717) is 11.1 Å². The van der Waals surface area contributed by atoms with E-state index in [-0.39, 0.29) is 24.5 Å². The lowest BCUT2D eigenvalue weighted by Gasteiger charge is -2.23. The Morgan fingerprint density at radius 2 is 1.97 bits per heavy atom. The van der Waals surface area contributed by atoms with Gasteiger partial charge in [0.15, 0.2) is 0 Å². The first kappa shape index (κ1) is 21.8. The van der Waals surface area contributed by atoms with Gasteiger partial charge in [-0.3, -0.25) is 14.9 Å². The molecule has 2 aromatic rings. The Bertz CT molecular complexity index is 1060. The van der Waals surface area contributed by atoms with Crippen molar-refractivity contribution in [1.82, 2.24) is 4.90 Å². The summed E-state index contributed by atoms with van der Waals surface area (Å²) in [6.45, 7) is 5.54. The first-order chi connectivity index (χ1) is 14.9. The molecule has 3 rings (SSSR count). The predicted octanol–water partition coefficient (Wildman–Crippen LogP) is 3.59. The molecule has 0 bridgehead atoms. The first-order valence-electron chi connectivity index (χ1n) is 9.54. The molecule has 160 valence electrons. The number of rotatable bonds is 7. The Balaban J connectivity index is 1.99. The summed E-state index contributed by atoms with van der Waals surface area (Å²) in [5.41, 5.74) is 1.41. The van der Waals surface area contributed by atoms with E-state index >= 15 is 0 Å². The minimum atomic E-state index is -0.986. The number of nitrogens with zero attached hydrogens (tertiary/aromatic N) is 2. The topological polar surface area (TPSA) is 99.0 Å². The van der Waals surface area contributed by atoms with Gasteiger partial charge in [-0.15, -0.1) is 0 Å². The number of hydrogen-bond donors (Lipinski definition) is 0. The molecular formula is C23H22N2O6. The summed E-state index contributed by atoms with van der Waals surface area (Å²) in [7, 11) is 1.22. The van der Waals surface area contributed by atoms with Crippen molar-refractivity contribution in [3.63, 3.8) is 0 Å². The average molecular weight is 422 g/mol. The number of aryl methyl sites for hydroxylation is 1. The summed E-state index contributed by atoms with van der Waals surface area (Å²) >= 11 is 0. The van der Waals surface area contributed by atoms with Crippen LogP contribution in [0.3, 0.4) is 0 Å². The number of nitro benzene ring substituents is 1. The van der Waals surface area contributed by atoms with Crippen LogP contribution in [0.25, 0.3) is 0 Å². The third-order valence-electron chi connectivity index (χ3n) is 4.99. The summed E-state index contributed by atoms with van der Waals surface area (Å²) in [6, 6.07) is 11.2. The third kappa shape index (κ3) is 4.48. The van der Waals surface area contributed by atoms with Crippen molar-refractivity contribution in [2.75, 3.05) is 13.7 Å². The van der Waals surface area contributed by atoms with Crippen LogP contribution in [-0.2, 0) is 16.1 Å². The molecule has 1 aliphatic heterocycles. The highest BCUT2D eigenvalue weighted by Crippen LogP contribution is 2.36. The molecule has 1 atom stereocenters. The van der Waals surface area contributed by atoms with Crippen LogP contribution >= 0.6 is 0 Å². The second-order valence-electron chi connectivity index (χ2n) is 6.99. The Morgan fingerprint density at radius 1 is 1.26 bits per heavy atom. The molecule has 31 heavy (non-hydrogen) atoms. The van der Waals surface area contributed by atoms with Gasteiger partial charge in [-0.25, -0.2) is 4.79 Å². The highest BCUT2D eigenvalue weighted by Gasteiger charge is 2.38. The van der Waals surface area contributed by atoms with E-state index in [0.717, 1.165) is 5.56 Å². The molecule has 0 spiro atoms. The summed E-state index contributed by atoms with van der Waals surface area (Å²) < 4.78 is 10.6. The van der Waals surface area contributed by atoms with Crippen LogP contribution in [0.4, 0.5) is 5.69 Å². The maximum Gasteiger partial charge on any atom is 0.332 e. The second kappa shape index (κ2) is 9.25. The maximum absolute atomic E-state index is 13.3. The molecular weight excluding hydrogens is 400 g/mol. The van der Waals surface area contributed by atoms with E-state index in [9.17, 15) is 19.7 Å². The number of carbonyl (C=O) groups excluding carboxylic acids is 2. The number of benzene rings is 2. The minimum absolute atomic E-state index is 0.0189. The van der Waals surface area contributed by atoms with E-state index in [1.807, 2.05) is 30.3 Å². The van der Waals surface area contributed by atoms with Crippen molar-refractivity contribution in [1.29, 1.82) is 0 Å². The molecule has 1 aliphatic rings. The van der Waals surface area contributed by atoms with E-state index < -0.39 is 28.5 Å². The van der Waals surface area contributed by atoms with Crippen LogP contribution in [0.2, 0.25) is 0 Å². The fraction of sp³-hybridized carbons (Fsp3) is 0.217. The van der Waals surface area contributed by atoms with Crippen LogP contribution in [0, 0.1) is 17.0 Å². The molecule has 0 radical (unpaired) electrons. The Kier molecular flexibility index (Phi) is 6.49. The van der Waals surface area contributed by atoms with E-state index in [4.69, 9.17) is 9.47 Å². The Morgan fingerprint density at radius 3 is 2.58 bits per heavy atom. The first-order valence-corrected chi connectivity index (χ1v) is 9.54. The zero-order valence-corrected chi connectivity index (χ0v) is 17.2. The summed E-state index contributed by atoms with van der Waals surface area (Å²) in [4.78, 5) is 38.0. The van der Waals surface area contributed by atoms with Gasteiger partial charge >= 0.3 is 11.7 Å². The van der Waals surface area contributed by atoms with E-state index in [1.165, 1.54) is 24.2 Å². The Labute approximate surface area is 179 Å². The third-order valence-corrected chi connectivity index (χ3v) is 4.99. The largest absolute Gasteiger partial charge is 0.482 e. The van der Waals surface area contributed by atoms with Gasteiger partial charge in [0.05, 0.1) is 12.0 Å². The van der Waals surface area contributed by atoms with Gasteiger partial charge in [-0.1, -0.05) is 49.1 Å². The van der Waals surface area contributed by atoms with Crippen molar-refractivity contribution >= 4 is 17.6 Å². The number of nitro groups is 1. The number of methoxy groups -OCH3 is 1. The molecule has 1 amide bonds. The van der Waals surface area contributed by atoms with Gasteiger partial charge < -0.3 is 14.4 Å². The number of amides is 1. The van der Waals surface area contributed by atoms with Gasteiger partial charge in [-0.05, 0) is 35.8 Å². The fourth-order valence-electron chi connectivity index (χ4n) is 3.38. The molecule has 8 heteroatoms. The normalized spacial score (nSPS) is 15.2. The Hall–Kier alpha value is -3.94. The number of carbonyl (C=O) groups is 2. The van der Waals surface area contributed by atoms with Crippen molar-refractivity contribution in [3.8, 4) is 5.75 Å². The van der Waals surface area contributed by atoms with Crippen LogP contribution in [0.1, 0.15) is 21.5 Å². The average Bonchev–Trinajstić information content (AvgIpc) is 3.22. The van der Waals surface area contributed by atoms with Crippen molar-refractivity contribution in [2.24, 2.45) is 0 Å². The molecule has 2 aromatic carbocycles. The van der Waals surface area contributed by atoms with Gasteiger partial charge in [0.2, 0.25) is 5.75 Å². The molecule has 0 fully saturated rings. The van der Waals surface area contributed by atoms with Crippen molar-refractivity contribution < 1.29 is 24.0 Å². The minimum Gasteiger partial charge on any atom is -0.482 e. The molecule has 0 unspecified atom stereocenters. The van der Waals surface area contributed by atoms with Gasteiger partial charge in [0.25, 0.3) is 5.91 Å². The summed E-state index contributed by atoms with van der Waals surface area (Å²) in [5, 5.41) is 12.0. The zero-order chi connectivity index (χ0) is 22.5. The monoisotopic (exact) mass is 422 g/mol. The van der Waals surface area contributed by atoms with Gasteiger partial charge in [-0.2, -0.15) is 0 Å². The summed E-state index contributed by atoms with van der Waals surface area (Å²) in [5.74, 6) is -1.29. The number of hydrogen-bond acceptors (Lipinski definition) is 6. The smallest absolute Gasteiger partial charge is 0.332 e. The van der Waals surface area contributed by atoms with Crippen LogP contribution in [0.5, 0.6) is 5.75 Å². The van der Waals surface area contributed by atoms with Crippen molar-refractivity contribution in [3.05, 3.63) is 93.6 Å². The molecule has 1 heterocycles. The number of esters is 1. The van der Waals surface area contributed by atoms with Crippen LogP contribution < -0.4 is 4.74 Å². The molecule has 0 aromatic heterocycles. The lowest BCUT2D eigenvalue weighted by Crippen LogP contribution is -2.41. The maximum atomic E-state index is 13.3. The quantitative estimate of drug-likeness (QED) is 0.384. The molecule has 0 aliphatic carbocycles. The van der Waals surface area contributed by atoms with Gasteiger partial charge in [0, 0.05) is 6.54 Å². The highest BCUT2D eigenvalue weighted by atomic mass is 16.6. The molecule has 0 saturated heterocycles. The highest BCUT2D eigenvalue weighted by molar-refractivity contribution is 6.02. The van der Waals surface area contributed by atoms with Crippen LogP contribution in [0.15, 0.2) is 66.8 Å². The number of ether oxygens (including phenoxy) is 2. The summed E-state index contributed by atoms with van der Waals surface area (Å²) in [6.07, 6.45) is 3.09. The van der Waals surface area contributed by atoms with E-state index in [1.54, 1.807) is 19.1 Å². The molecule has 0 saturated carbocycles. The lowest BCUT2D eigenvalue weighted by atomic mass is 10.1. The second-order valence-corrected chi connectivity index (χ2v) is 6.99. The predicted molar refractivity (Wildman–Crippen MR) is 114 cm³/mol. The van der Waals surface area contributed by atoms with Crippen LogP contribution in [-0.4, -0.2) is 41.4 Å². The zero-order valence-electron chi connectivity index (χ0n) is 17.2.